The number of rotatable bonds is 7. The maximum absolute atomic E-state index is 6.02. The average molecular weight is 265 g/mol. The maximum atomic E-state index is 6.02. The minimum absolute atomic E-state index is 0.148. The molecule has 0 aliphatic heterocycles. The van der Waals surface area contributed by atoms with E-state index in [4.69, 9.17) is 4.74 Å². The van der Waals surface area contributed by atoms with Gasteiger partial charge in [-0.05, 0) is 45.1 Å². The summed E-state index contributed by atoms with van der Waals surface area (Å²) in [6.45, 7) is 9.14. The predicted molar refractivity (Wildman–Crippen MR) is 76.9 cm³/mol. The maximum Gasteiger partial charge on any atom is 0.138 e. The summed E-state index contributed by atoms with van der Waals surface area (Å²) in [5.41, 5.74) is 1.01. The molecular formula is C15H27N3O. The van der Waals surface area contributed by atoms with Crippen LogP contribution in [0.2, 0.25) is 0 Å². The highest BCUT2D eigenvalue weighted by atomic mass is 16.5. The molecule has 0 radical (unpaired) electrons. The highest BCUT2D eigenvalue weighted by Crippen LogP contribution is 2.40. The van der Waals surface area contributed by atoms with E-state index in [-0.39, 0.29) is 5.60 Å². The van der Waals surface area contributed by atoms with Crippen LogP contribution in [0.5, 0.6) is 0 Å². The lowest BCUT2D eigenvalue weighted by Crippen LogP contribution is -2.28. The summed E-state index contributed by atoms with van der Waals surface area (Å²) >= 11 is 0. The van der Waals surface area contributed by atoms with Gasteiger partial charge in [0.05, 0.1) is 0 Å². The largest absolute Gasteiger partial charge is 0.367 e. The molecule has 0 unspecified atom stereocenters. The van der Waals surface area contributed by atoms with Crippen LogP contribution in [0.15, 0.2) is 6.20 Å². The fourth-order valence-corrected chi connectivity index (χ4v) is 2.85. The zero-order chi connectivity index (χ0) is 13.7. The molecule has 4 nitrogen and oxygen atoms in total. The van der Waals surface area contributed by atoms with E-state index in [1.807, 2.05) is 6.20 Å². The lowest BCUT2D eigenvalue weighted by atomic mass is 10.0. The lowest BCUT2D eigenvalue weighted by Gasteiger charge is -2.26. The lowest BCUT2D eigenvalue weighted by molar-refractivity contribution is -0.0451. The van der Waals surface area contributed by atoms with E-state index < -0.39 is 0 Å². The Bertz CT molecular complexity index is 380. The summed E-state index contributed by atoms with van der Waals surface area (Å²) in [4.78, 5) is 8.02. The zero-order valence-corrected chi connectivity index (χ0v) is 12.5. The first kappa shape index (κ1) is 14.5. The molecule has 2 rings (SSSR count). The van der Waals surface area contributed by atoms with Crippen molar-refractivity contribution in [2.75, 3.05) is 13.2 Å². The van der Waals surface area contributed by atoms with Gasteiger partial charge in [0.1, 0.15) is 11.4 Å². The van der Waals surface area contributed by atoms with Gasteiger partial charge in [0, 0.05) is 25.0 Å². The minimum atomic E-state index is -0.148. The number of aromatic nitrogens is 2. The van der Waals surface area contributed by atoms with Crippen molar-refractivity contribution in [1.29, 1.82) is 0 Å². The normalized spacial score (nSPS) is 18.3. The van der Waals surface area contributed by atoms with Gasteiger partial charge >= 0.3 is 0 Å². The van der Waals surface area contributed by atoms with Gasteiger partial charge < -0.3 is 15.0 Å². The molecule has 0 saturated heterocycles. The second-order valence-electron chi connectivity index (χ2n) is 5.92. The summed E-state index contributed by atoms with van der Waals surface area (Å²) in [6.07, 6.45) is 6.60. The Balaban J connectivity index is 1.98. The molecule has 1 heterocycles. The summed E-state index contributed by atoms with van der Waals surface area (Å²) in [5.74, 6) is 1.69. The number of aromatic amines is 1. The molecular weight excluding hydrogens is 238 g/mol. The van der Waals surface area contributed by atoms with Crippen molar-refractivity contribution < 1.29 is 4.74 Å². The van der Waals surface area contributed by atoms with Crippen molar-refractivity contribution in [3.63, 3.8) is 0 Å². The Morgan fingerprint density at radius 3 is 2.79 bits per heavy atom. The summed E-state index contributed by atoms with van der Waals surface area (Å²) in [5, 5.41) is 3.44. The van der Waals surface area contributed by atoms with E-state index in [2.05, 4.69) is 36.1 Å². The van der Waals surface area contributed by atoms with Crippen molar-refractivity contribution in [3.05, 3.63) is 17.7 Å². The molecule has 1 aromatic rings. The van der Waals surface area contributed by atoms with Gasteiger partial charge in [0.2, 0.25) is 0 Å². The Hall–Kier alpha value is -0.870. The highest BCUT2D eigenvalue weighted by molar-refractivity contribution is 5.11. The topological polar surface area (TPSA) is 49.9 Å². The molecule has 2 N–H and O–H groups in total. The van der Waals surface area contributed by atoms with Gasteiger partial charge in [0.15, 0.2) is 0 Å². The minimum Gasteiger partial charge on any atom is -0.367 e. The zero-order valence-electron chi connectivity index (χ0n) is 12.5. The predicted octanol–water partition coefficient (Wildman–Crippen LogP) is 2.96. The Morgan fingerprint density at radius 2 is 2.16 bits per heavy atom. The van der Waals surface area contributed by atoms with Crippen LogP contribution in [0.1, 0.15) is 58.0 Å². The van der Waals surface area contributed by atoms with Crippen LogP contribution in [0.4, 0.5) is 0 Å². The van der Waals surface area contributed by atoms with E-state index >= 15 is 0 Å². The molecule has 1 aromatic heterocycles. The third kappa shape index (κ3) is 3.57. The second kappa shape index (κ2) is 6.53. The number of hydrogen-bond acceptors (Lipinski definition) is 3. The quantitative estimate of drug-likeness (QED) is 0.797. The van der Waals surface area contributed by atoms with Crippen LogP contribution in [-0.4, -0.2) is 23.1 Å². The van der Waals surface area contributed by atoms with Crippen molar-refractivity contribution in [2.24, 2.45) is 5.92 Å². The molecule has 4 heteroatoms. The van der Waals surface area contributed by atoms with Crippen molar-refractivity contribution in [2.45, 2.75) is 58.6 Å². The van der Waals surface area contributed by atoms with Crippen molar-refractivity contribution >= 4 is 0 Å². The standard InChI is InChI=1S/C15H27N3O/c1-4-19-15(7-5-6-8-15)14-17-11-13(18-14)10-16-9-12(2)3/h11-12,16H,4-10H2,1-3H3,(H,17,18). The first-order chi connectivity index (χ1) is 9.16. The number of hydrogen-bond donors (Lipinski definition) is 2. The fraction of sp³-hybridized carbons (Fsp3) is 0.800. The summed E-state index contributed by atoms with van der Waals surface area (Å²) < 4.78 is 6.02. The van der Waals surface area contributed by atoms with Crippen LogP contribution in [-0.2, 0) is 16.9 Å². The first-order valence-electron chi connectivity index (χ1n) is 7.55. The molecule has 0 spiro atoms. The Labute approximate surface area is 116 Å². The SMILES string of the molecule is CCOC1(c2ncc(CNCC(C)C)[nH]2)CCCC1. The van der Waals surface area contributed by atoms with Crippen molar-refractivity contribution in [3.8, 4) is 0 Å². The second-order valence-corrected chi connectivity index (χ2v) is 5.92. The first-order valence-corrected chi connectivity index (χ1v) is 7.55. The molecule has 19 heavy (non-hydrogen) atoms. The number of imidazole rings is 1. The highest BCUT2D eigenvalue weighted by Gasteiger charge is 2.38. The van der Waals surface area contributed by atoms with E-state index in [1.165, 1.54) is 12.8 Å². The molecule has 0 amide bonds. The molecule has 0 bridgehead atoms. The molecule has 0 atom stereocenters. The summed E-state index contributed by atoms with van der Waals surface area (Å²) in [7, 11) is 0. The number of H-pyrrole nitrogens is 1. The molecule has 1 aliphatic rings. The van der Waals surface area contributed by atoms with Gasteiger partial charge in [-0.2, -0.15) is 0 Å². The van der Waals surface area contributed by atoms with E-state index in [9.17, 15) is 0 Å². The van der Waals surface area contributed by atoms with Crippen LogP contribution in [0, 0.1) is 5.92 Å². The molecule has 0 aromatic carbocycles. The number of ether oxygens (including phenoxy) is 1. The third-order valence-electron chi connectivity index (χ3n) is 3.76. The van der Waals surface area contributed by atoms with Gasteiger partial charge in [-0.25, -0.2) is 4.98 Å². The fourth-order valence-electron chi connectivity index (χ4n) is 2.85. The average Bonchev–Trinajstić information content (AvgIpc) is 2.98. The van der Waals surface area contributed by atoms with Gasteiger partial charge in [-0.15, -0.1) is 0 Å². The smallest absolute Gasteiger partial charge is 0.138 e. The van der Waals surface area contributed by atoms with Crippen LogP contribution in [0.3, 0.4) is 0 Å². The molecule has 1 fully saturated rings. The monoisotopic (exact) mass is 265 g/mol. The van der Waals surface area contributed by atoms with Gasteiger partial charge in [-0.1, -0.05) is 13.8 Å². The van der Waals surface area contributed by atoms with Gasteiger partial charge in [0.25, 0.3) is 0 Å². The van der Waals surface area contributed by atoms with Crippen molar-refractivity contribution in [1.82, 2.24) is 15.3 Å². The van der Waals surface area contributed by atoms with E-state index in [0.29, 0.717) is 5.92 Å². The third-order valence-corrected chi connectivity index (χ3v) is 3.76. The summed E-state index contributed by atoms with van der Waals surface area (Å²) in [6, 6.07) is 0. The van der Waals surface area contributed by atoms with E-state index in [0.717, 1.165) is 44.1 Å². The molecule has 108 valence electrons. The van der Waals surface area contributed by atoms with Crippen LogP contribution >= 0.6 is 0 Å². The molecule has 1 saturated carbocycles. The van der Waals surface area contributed by atoms with Crippen LogP contribution < -0.4 is 5.32 Å². The molecule has 1 aliphatic carbocycles. The Kier molecular flexibility index (Phi) is 4.99. The Morgan fingerprint density at radius 1 is 1.42 bits per heavy atom. The van der Waals surface area contributed by atoms with E-state index in [1.54, 1.807) is 0 Å². The van der Waals surface area contributed by atoms with Crippen LogP contribution in [0.25, 0.3) is 0 Å². The number of nitrogens with zero attached hydrogens (tertiary/aromatic N) is 1. The van der Waals surface area contributed by atoms with Gasteiger partial charge in [-0.3, -0.25) is 0 Å². The number of nitrogens with one attached hydrogen (secondary N) is 2.